The molecule has 0 saturated heterocycles. The van der Waals surface area contributed by atoms with Crippen molar-refractivity contribution in [1.29, 1.82) is 0 Å². The van der Waals surface area contributed by atoms with Crippen LogP contribution < -0.4 is 11.1 Å². The lowest BCUT2D eigenvalue weighted by Crippen LogP contribution is -2.04. The van der Waals surface area contributed by atoms with E-state index in [4.69, 9.17) is 5.73 Å². The first-order valence-electron chi connectivity index (χ1n) is 5.38. The summed E-state index contributed by atoms with van der Waals surface area (Å²) in [5, 5.41) is 3.43. The molecule has 0 radical (unpaired) electrons. The molecule has 0 heterocycles. The van der Waals surface area contributed by atoms with Crippen molar-refractivity contribution in [3.8, 4) is 0 Å². The molecule has 3 heteroatoms. The molecule has 0 aliphatic heterocycles. The zero-order valence-electron chi connectivity index (χ0n) is 9.39. The van der Waals surface area contributed by atoms with E-state index >= 15 is 0 Å². The summed E-state index contributed by atoms with van der Waals surface area (Å²) in [6.45, 7) is 5.55. The van der Waals surface area contributed by atoms with E-state index in [0.29, 0.717) is 0 Å². The van der Waals surface area contributed by atoms with Crippen LogP contribution in [0.4, 0.5) is 11.4 Å². The molecule has 0 bridgehead atoms. The smallest absolute Gasteiger partial charge is 0.0477 e. The fourth-order valence-electron chi connectivity index (χ4n) is 1.41. The van der Waals surface area contributed by atoms with Crippen LogP contribution in [0.5, 0.6) is 0 Å². The molecule has 0 spiro atoms. The second kappa shape index (κ2) is 6.20. The maximum Gasteiger partial charge on any atom is 0.0477 e. The minimum Gasteiger partial charge on any atom is -0.399 e. The first-order valence-corrected chi connectivity index (χ1v) is 6.46. The molecule has 3 N–H and O–H groups in total. The van der Waals surface area contributed by atoms with Gasteiger partial charge in [-0.15, -0.1) is 0 Å². The third-order valence-corrected chi connectivity index (χ3v) is 3.16. The number of hydrogen-bond donors (Lipinski definition) is 2. The van der Waals surface area contributed by atoms with Gasteiger partial charge in [0.1, 0.15) is 0 Å². The molecule has 0 unspecified atom stereocenters. The van der Waals surface area contributed by atoms with Crippen LogP contribution >= 0.6 is 22.6 Å². The summed E-state index contributed by atoms with van der Waals surface area (Å²) in [7, 11) is 0. The van der Waals surface area contributed by atoms with Gasteiger partial charge >= 0.3 is 0 Å². The van der Waals surface area contributed by atoms with Gasteiger partial charge in [-0.2, -0.15) is 0 Å². The Morgan fingerprint density at radius 2 is 2.13 bits per heavy atom. The minimum atomic E-state index is 0.789. The lowest BCUT2D eigenvalue weighted by atomic mass is 10.1. The van der Waals surface area contributed by atoms with Gasteiger partial charge in [0.15, 0.2) is 0 Å². The molecule has 0 atom stereocenters. The quantitative estimate of drug-likeness (QED) is 0.493. The Morgan fingerprint density at radius 3 is 2.73 bits per heavy atom. The highest BCUT2D eigenvalue weighted by atomic mass is 127. The SMILES string of the molecule is CC(C)CCCNc1ccc(N)cc1I. The number of halogens is 1. The van der Waals surface area contributed by atoms with Gasteiger partial charge in [0, 0.05) is 21.5 Å². The van der Waals surface area contributed by atoms with Crippen LogP contribution in [0.3, 0.4) is 0 Å². The van der Waals surface area contributed by atoms with Crippen molar-refractivity contribution < 1.29 is 0 Å². The van der Waals surface area contributed by atoms with Crippen LogP contribution in [0.25, 0.3) is 0 Å². The highest BCUT2D eigenvalue weighted by molar-refractivity contribution is 14.1. The van der Waals surface area contributed by atoms with E-state index in [-0.39, 0.29) is 0 Å². The Labute approximate surface area is 106 Å². The van der Waals surface area contributed by atoms with E-state index < -0.39 is 0 Å². The maximum atomic E-state index is 5.69. The van der Waals surface area contributed by atoms with E-state index in [0.717, 1.165) is 18.2 Å². The normalized spacial score (nSPS) is 10.7. The number of nitrogens with one attached hydrogen (secondary N) is 1. The average Bonchev–Trinajstić information content (AvgIpc) is 2.14. The number of nitrogen functional groups attached to an aromatic ring is 1. The summed E-state index contributed by atoms with van der Waals surface area (Å²) in [6.07, 6.45) is 2.50. The van der Waals surface area contributed by atoms with Crippen LogP contribution in [0.1, 0.15) is 26.7 Å². The third-order valence-electron chi connectivity index (χ3n) is 2.27. The van der Waals surface area contributed by atoms with Crippen LogP contribution in [0.2, 0.25) is 0 Å². The van der Waals surface area contributed by atoms with E-state index in [2.05, 4.69) is 41.8 Å². The zero-order valence-corrected chi connectivity index (χ0v) is 11.5. The second-order valence-electron chi connectivity index (χ2n) is 4.20. The fraction of sp³-hybridized carbons (Fsp3) is 0.500. The summed E-state index contributed by atoms with van der Waals surface area (Å²) < 4.78 is 1.19. The highest BCUT2D eigenvalue weighted by Crippen LogP contribution is 2.20. The van der Waals surface area contributed by atoms with E-state index in [9.17, 15) is 0 Å². The molecule has 1 aromatic carbocycles. The predicted molar refractivity (Wildman–Crippen MR) is 76.1 cm³/mol. The number of anilines is 2. The van der Waals surface area contributed by atoms with Crippen molar-refractivity contribution in [2.75, 3.05) is 17.6 Å². The molecule has 1 aromatic rings. The molecular weight excluding hydrogens is 299 g/mol. The monoisotopic (exact) mass is 318 g/mol. The van der Waals surface area contributed by atoms with Gasteiger partial charge in [0.25, 0.3) is 0 Å². The average molecular weight is 318 g/mol. The number of benzene rings is 1. The molecule has 0 amide bonds. The van der Waals surface area contributed by atoms with Gasteiger partial charge < -0.3 is 11.1 Å². The predicted octanol–water partition coefficient (Wildman–Crippen LogP) is 3.72. The number of hydrogen-bond acceptors (Lipinski definition) is 2. The van der Waals surface area contributed by atoms with Gasteiger partial charge in [-0.05, 0) is 59.5 Å². The molecule has 15 heavy (non-hydrogen) atoms. The number of rotatable bonds is 5. The van der Waals surface area contributed by atoms with Crippen LogP contribution in [-0.2, 0) is 0 Å². The highest BCUT2D eigenvalue weighted by Gasteiger charge is 1.99. The van der Waals surface area contributed by atoms with Crippen LogP contribution in [0, 0.1) is 9.49 Å². The van der Waals surface area contributed by atoms with Gasteiger partial charge in [-0.25, -0.2) is 0 Å². The Morgan fingerprint density at radius 1 is 1.40 bits per heavy atom. The van der Waals surface area contributed by atoms with Gasteiger partial charge in [0.05, 0.1) is 0 Å². The second-order valence-corrected chi connectivity index (χ2v) is 5.36. The van der Waals surface area contributed by atoms with Crippen molar-refractivity contribution >= 4 is 34.0 Å². The first-order chi connectivity index (χ1) is 7.09. The Bertz CT molecular complexity index is 310. The maximum absolute atomic E-state index is 5.69. The van der Waals surface area contributed by atoms with Gasteiger partial charge in [-0.1, -0.05) is 13.8 Å². The lowest BCUT2D eigenvalue weighted by molar-refractivity contribution is 0.567. The summed E-state index contributed by atoms with van der Waals surface area (Å²) in [6, 6.07) is 5.98. The van der Waals surface area contributed by atoms with Crippen molar-refractivity contribution in [3.05, 3.63) is 21.8 Å². The summed E-state index contributed by atoms with van der Waals surface area (Å²) in [4.78, 5) is 0. The van der Waals surface area contributed by atoms with Crippen LogP contribution in [0.15, 0.2) is 18.2 Å². The third kappa shape index (κ3) is 4.73. The van der Waals surface area contributed by atoms with Crippen LogP contribution in [-0.4, -0.2) is 6.54 Å². The molecule has 0 saturated carbocycles. The van der Waals surface area contributed by atoms with E-state index in [1.54, 1.807) is 0 Å². The minimum absolute atomic E-state index is 0.789. The van der Waals surface area contributed by atoms with Gasteiger partial charge in [-0.3, -0.25) is 0 Å². The zero-order chi connectivity index (χ0) is 11.3. The largest absolute Gasteiger partial charge is 0.399 e. The Balaban J connectivity index is 2.37. The molecule has 84 valence electrons. The standard InChI is InChI=1S/C12H19IN2/c1-9(2)4-3-7-15-12-6-5-10(14)8-11(12)13/h5-6,8-9,15H,3-4,7,14H2,1-2H3. The Kier molecular flexibility index (Phi) is 5.22. The Hall–Kier alpha value is -0.450. The molecule has 0 aromatic heterocycles. The van der Waals surface area contributed by atoms with Crippen molar-refractivity contribution in [2.45, 2.75) is 26.7 Å². The summed E-state index contributed by atoms with van der Waals surface area (Å²) in [5.41, 5.74) is 7.70. The van der Waals surface area contributed by atoms with Crippen molar-refractivity contribution in [2.24, 2.45) is 5.92 Å². The fourth-order valence-corrected chi connectivity index (χ4v) is 2.14. The van der Waals surface area contributed by atoms with E-state index in [1.165, 1.54) is 22.1 Å². The molecule has 1 rings (SSSR count). The molecular formula is C12H19IN2. The van der Waals surface area contributed by atoms with E-state index in [1.807, 2.05) is 18.2 Å². The number of nitrogens with two attached hydrogens (primary N) is 1. The topological polar surface area (TPSA) is 38.0 Å². The molecule has 0 aliphatic carbocycles. The molecule has 0 fully saturated rings. The molecule has 0 aliphatic rings. The summed E-state index contributed by atoms with van der Waals surface area (Å²) >= 11 is 2.31. The molecule has 2 nitrogen and oxygen atoms in total. The van der Waals surface area contributed by atoms with Crippen molar-refractivity contribution in [3.63, 3.8) is 0 Å². The lowest BCUT2D eigenvalue weighted by Gasteiger charge is -2.10. The van der Waals surface area contributed by atoms with Gasteiger partial charge in [0.2, 0.25) is 0 Å². The summed E-state index contributed by atoms with van der Waals surface area (Å²) in [5.74, 6) is 0.789. The first kappa shape index (κ1) is 12.6. The van der Waals surface area contributed by atoms with Crippen molar-refractivity contribution in [1.82, 2.24) is 0 Å².